The lowest BCUT2D eigenvalue weighted by Gasteiger charge is -2.31. The molecule has 122 valence electrons. The molecule has 1 aromatic heterocycles. The molecule has 1 aliphatic rings. The summed E-state index contributed by atoms with van der Waals surface area (Å²) in [4.78, 5) is 10.8. The molecule has 0 amide bonds. The lowest BCUT2D eigenvalue weighted by Crippen LogP contribution is -2.43. The van der Waals surface area contributed by atoms with E-state index in [0.29, 0.717) is 10.1 Å². The zero-order valence-corrected chi connectivity index (χ0v) is 13.0. The molecule has 2 heterocycles. The van der Waals surface area contributed by atoms with Crippen LogP contribution in [0.4, 0.5) is 18.9 Å². The topological polar surface area (TPSA) is 41.0 Å². The van der Waals surface area contributed by atoms with Crippen molar-refractivity contribution in [1.82, 2.24) is 15.3 Å². The average molecular weight is 340 g/mol. The van der Waals surface area contributed by atoms with Crippen molar-refractivity contribution in [3.63, 3.8) is 0 Å². The number of nitrogens with one attached hydrogen (secondary N) is 1. The first-order valence-corrected chi connectivity index (χ1v) is 7.97. The van der Waals surface area contributed by atoms with Crippen molar-refractivity contribution in [3.8, 4) is 0 Å². The van der Waals surface area contributed by atoms with Crippen LogP contribution in [0.25, 0.3) is 0 Å². The number of hydrogen-bond donors (Lipinski definition) is 1. The van der Waals surface area contributed by atoms with Gasteiger partial charge in [-0.15, -0.1) is 0 Å². The Morgan fingerprint density at radius 1 is 1.09 bits per heavy atom. The molecule has 0 saturated carbocycles. The minimum Gasteiger partial charge on any atom is -0.368 e. The number of hydrogen-bond acceptors (Lipinski definition) is 5. The Hall–Kier alpha value is -1.80. The van der Waals surface area contributed by atoms with Gasteiger partial charge in [-0.1, -0.05) is 0 Å². The first-order valence-electron chi connectivity index (χ1n) is 7.16. The Bertz CT molecular complexity index is 658. The molecule has 0 unspecified atom stereocenters. The molecule has 1 fully saturated rings. The molecule has 0 bridgehead atoms. The van der Waals surface area contributed by atoms with E-state index in [1.54, 1.807) is 24.5 Å². The Kier molecular flexibility index (Phi) is 4.72. The van der Waals surface area contributed by atoms with Crippen molar-refractivity contribution >= 4 is 17.4 Å². The molecule has 3 rings (SSSR count). The maximum atomic E-state index is 13.0. The number of halogens is 3. The third-order valence-electron chi connectivity index (χ3n) is 3.49. The van der Waals surface area contributed by atoms with Crippen LogP contribution in [0, 0.1) is 0 Å². The Labute approximate surface area is 136 Å². The predicted octanol–water partition coefficient (Wildman–Crippen LogP) is 3.06. The Morgan fingerprint density at radius 3 is 2.43 bits per heavy atom. The first-order chi connectivity index (χ1) is 11.0. The summed E-state index contributed by atoms with van der Waals surface area (Å²) in [5.74, 6) is 0. The van der Waals surface area contributed by atoms with Crippen molar-refractivity contribution in [1.29, 1.82) is 0 Å². The van der Waals surface area contributed by atoms with Gasteiger partial charge in [0.25, 0.3) is 0 Å². The molecule has 23 heavy (non-hydrogen) atoms. The minimum atomic E-state index is -4.37. The van der Waals surface area contributed by atoms with Gasteiger partial charge in [0.1, 0.15) is 0 Å². The maximum absolute atomic E-state index is 13.0. The number of anilines is 1. The molecule has 1 aromatic carbocycles. The second kappa shape index (κ2) is 6.76. The second-order valence-corrected chi connectivity index (χ2v) is 6.06. The first kappa shape index (κ1) is 16.1. The molecule has 8 heteroatoms. The molecular formula is C15H15F3N4S. The van der Waals surface area contributed by atoms with Crippen molar-refractivity contribution in [2.24, 2.45) is 0 Å². The van der Waals surface area contributed by atoms with Crippen molar-refractivity contribution in [3.05, 3.63) is 42.2 Å². The van der Waals surface area contributed by atoms with Crippen LogP contribution in [0.3, 0.4) is 0 Å². The largest absolute Gasteiger partial charge is 0.416 e. The van der Waals surface area contributed by atoms with Crippen LogP contribution in [0.5, 0.6) is 0 Å². The van der Waals surface area contributed by atoms with E-state index in [0.717, 1.165) is 49.7 Å². The van der Waals surface area contributed by atoms with Crippen LogP contribution in [-0.4, -0.2) is 36.1 Å². The summed E-state index contributed by atoms with van der Waals surface area (Å²) in [6, 6.07) is 5.53. The van der Waals surface area contributed by atoms with Gasteiger partial charge in [0.05, 0.1) is 11.3 Å². The molecule has 0 atom stereocenters. The van der Waals surface area contributed by atoms with Crippen LogP contribution in [0.2, 0.25) is 0 Å². The molecule has 0 spiro atoms. The fraction of sp³-hybridized carbons (Fsp3) is 0.333. The molecule has 0 aliphatic carbocycles. The highest BCUT2D eigenvalue weighted by Gasteiger charge is 2.31. The molecule has 4 nitrogen and oxygen atoms in total. The van der Waals surface area contributed by atoms with Gasteiger partial charge in [0, 0.05) is 43.5 Å². The Morgan fingerprint density at radius 2 is 1.78 bits per heavy atom. The number of benzene rings is 1. The normalized spacial score (nSPS) is 15.7. The fourth-order valence-electron chi connectivity index (χ4n) is 2.38. The molecule has 1 saturated heterocycles. The van der Waals surface area contributed by atoms with E-state index in [1.807, 2.05) is 0 Å². The number of alkyl halides is 3. The van der Waals surface area contributed by atoms with Gasteiger partial charge >= 0.3 is 6.18 Å². The highest BCUT2D eigenvalue weighted by Crippen LogP contribution is 2.39. The molecule has 1 aliphatic heterocycles. The monoisotopic (exact) mass is 340 g/mol. The highest BCUT2D eigenvalue weighted by atomic mass is 32.2. The van der Waals surface area contributed by atoms with Crippen LogP contribution < -0.4 is 10.2 Å². The van der Waals surface area contributed by atoms with Gasteiger partial charge in [-0.3, -0.25) is 0 Å². The standard InChI is InChI=1S/C15H15F3N4S/c16-15(17,18)11-2-3-12(22-8-6-19-7-9-22)13(10-11)23-14-20-4-1-5-21-14/h1-5,10,19H,6-9H2. The predicted molar refractivity (Wildman–Crippen MR) is 82.7 cm³/mol. The molecule has 0 radical (unpaired) electrons. The Balaban J connectivity index is 1.97. The van der Waals surface area contributed by atoms with Gasteiger partial charge in [0.15, 0.2) is 5.16 Å². The second-order valence-electron chi connectivity index (χ2n) is 5.05. The summed E-state index contributed by atoms with van der Waals surface area (Å²) in [5, 5.41) is 3.67. The third-order valence-corrected chi connectivity index (χ3v) is 4.43. The minimum absolute atomic E-state index is 0.434. The van der Waals surface area contributed by atoms with E-state index in [-0.39, 0.29) is 0 Å². The van der Waals surface area contributed by atoms with E-state index in [9.17, 15) is 13.2 Å². The van der Waals surface area contributed by atoms with Crippen LogP contribution >= 0.6 is 11.8 Å². The number of nitrogens with zero attached hydrogens (tertiary/aromatic N) is 3. The maximum Gasteiger partial charge on any atom is 0.416 e. The number of rotatable bonds is 3. The zero-order chi connectivity index (χ0) is 16.3. The van der Waals surface area contributed by atoms with Crippen LogP contribution in [0.1, 0.15) is 5.56 Å². The number of aromatic nitrogens is 2. The summed E-state index contributed by atoms with van der Waals surface area (Å²) >= 11 is 1.15. The summed E-state index contributed by atoms with van der Waals surface area (Å²) in [5.41, 5.74) is 0.131. The SMILES string of the molecule is FC(F)(F)c1ccc(N2CCNCC2)c(Sc2ncccn2)c1. The van der Waals surface area contributed by atoms with E-state index < -0.39 is 11.7 Å². The summed E-state index contributed by atoms with van der Waals surface area (Å²) in [7, 11) is 0. The third kappa shape index (κ3) is 3.94. The lowest BCUT2D eigenvalue weighted by molar-refractivity contribution is -0.137. The zero-order valence-electron chi connectivity index (χ0n) is 12.2. The molecule has 1 N–H and O–H groups in total. The van der Waals surface area contributed by atoms with Crippen molar-refractivity contribution < 1.29 is 13.2 Å². The summed E-state index contributed by atoms with van der Waals surface area (Å²) in [6.07, 6.45) is -1.21. The summed E-state index contributed by atoms with van der Waals surface area (Å²) in [6.45, 7) is 3.14. The fourth-order valence-corrected chi connectivity index (χ4v) is 3.29. The van der Waals surface area contributed by atoms with Gasteiger partial charge in [-0.25, -0.2) is 9.97 Å². The van der Waals surface area contributed by atoms with Crippen molar-refractivity contribution in [2.75, 3.05) is 31.1 Å². The van der Waals surface area contributed by atoms with Gasteiger partial charge < -0.3 is 10.2 Å². The van der Waals surface area contributed by atoms with E-state index >= 15 is 0 Å². The summed E-state index contributed by atoms with van der Waals surface area (Å²) < 4.78 is 39.0. The van der Waals surface area contributed by atoms with Crippen LogP contribution in [-0.2, 0) is 6.18 Å². The number of piperazine rings is 1. The van der Waals surface area contributed by atoms with Gasteiger partial charge in [-0.2, -0.15) is 13.2 Å². The van der Waals surface area contributed by atoms with E-state index in [1.165, 1.54) is 6.07 Å². The van der Waals surface area contributed by atoms with E-state index in [4.69, 9.17) is 0 Å². The average Bonchev–Trinajstić information content (AvgIpc) is 2.56. The van der Waals surface area contributed by atoms with Gasteiger partial charge in [-0.05, 0) is 36.0 Å². The van der Waals surface area contributed by atoms with Gasteiger partial charge in [0.2, 0.25) is 0 Å². The van der Waals surface area contributed by atoms with Crippen molar-refractivity contribution in [2.45, 2.75) is 16.2 Å². The quantitative estimate of drug-likeness (QED) is 0.870. The lowest BCUT2D eigenvalue weighted by atomic mass is 10.1. The highest BCUT2D eigenvalue weighted by molar-refractivity contribution is 7.99. The van der Waals surface area contributed by atoms with Crippen LogP contribution in [0.15, 0.2) is 46.7 Å². The molecular weight excluding hydrogens is 325 g/mol. The smallest absolute Gasteiger partial charge is 0.368 e. The molecule has 2 aromatic rings. The van der Waals surface area contributed by atoms with E-state index in [2.05, 4.69) is 20.2 Å².